The van der Waals surface area contributed by atoms with Crippen molar-refractivity contribution in [2.75, 3.05) is 0 Å². The van der Waals surface area contributed by atoms with E-state index in [1.54, 1.807) is 0 Å². The second-order valence-corrected chi connectivity index (χ2v) is 6.11. The van der Waals surface area contributed by atoms with Crippen molar-refractivity contribution in [3.8, 4) is 0 Å². The summed E-state index contributed by atoms with van der Waals surface area (Å²) in [7, 11) is 0. The summed E-state index contributed by atoms with van der Waals surface area (Å²) in [6, 6.07) is 8.40. The van der Waals surface area contributed by atoms with Gasteiger partial charge in [-0.05, 0) is 24.0 Å². The monoisotopic (exact) mass is 292 g/mol. The smallest absolute Gasteiger partial charge is 0.0839 e. The zero-order valence-electron chi connectivity index (χ0n) is 13.7. The van der Waals surface area contributed by atoms with Gasteiger partial charge in [0.15, 0.2) is 0 Å². The number of aliphatic hydroxyl groups excluding tert-OH is 2. The lowest BCUT2D eigenvalue weighted by atomic mass is 9.98. The number of hydrogen-bond acceptors (Lipinski definition) is 2. The van der Waals surface area contributed by atoms with Crippen LogP contribution in [0.3, 0.4) is 0 Å². The normalized spacial score (nSPS) is 14.1. The minimum absolute atomic E-state index is 0.544. The first-order valence-corrected chi connectivity index (χ1v) is 8.61. The van der Waals surface area contributed by atoms with Crippen molar-refractivity contribution < 1.29 is 10.2 Å². The molecule has 2 heteroatoms. The summed E-state index contributed by atoms with van der Waals surface area (Å²) in [5, 5.41) is 20.1. The molecule has 1 rings (SSSR count). The predicted molar refractivity (Wildman–Crippen MR) is 89.5 cm³/mol. The highest BCUT2D eigenvalue weighted by Crippen LogP contribution is 2.14. The van der Waals surface area contributed by atoms with Gasteiger partial charge in [0.25, 0.3) is 0 Å². The first kappa shape index (κ1) is 18.2. The van der Waals surface area contributed by atoms with E-state index in [1.165, 1.54) is 24.8 Å². The Balaban J connectivity index is 2.29. The molecule has 2 N–H and O–H groups in total. The van der Waals surface area contributed by atoms with Gasteiger partial charge in [0.2, 0.25) is 0 Å². The Hall–Kier alpha value is -0.860. The van der Waals surface area contributed by atoms with Gasteiger partial charge in [0, 0.05) is 6.42 Å². The summed E-state index contributed by atoms with van der Waals surface area (Å²) >= 11 is 0. The Morgan fingerprint density at radius 2 is 1.38 bits per heavy atom. The van der Waals surface area contributed by atoms with Gasteiger partial charge in [-0.15, -0.1) is 0 Å². The summed E-state index contributed by atoms with van der Waals surface area (Å²) < 4.78 is 0. The standard InChI is InChI=1S/C19H32O2/c1-3-5-6-7-8-10-18(20)19(21)15-17-13-11-16(9-4-2)12-14-17/h11-14,18-21H,3-10,15H2,1-2H3. The molecule has 0 aliphatic carbocycles. The van der Waals surface area contributed by atoms with Crippen LogP contribution in [0.5, 0.6) is 0 Å². The van der Waals surface area contributed by atoms with Crippen LogP contribution < -0.4 is 0 Å². The number of benzene rings is 1. The van der Waals surface area contributed by atoms with Gasteiger partial charge >= 0.3 is 0 Å². The van der Waals surface area contributed by atoms with Crippen LogP contribution in [0.2, 0.25) is 0 Å². The van der Waals surface area contributed by atoms with E-state index < -0.39 is 12.2 Å². The third-order valence-corrected chi connectivity index (χ3v) is 4.05. The predicted octanol–water partition coefficient (Wildman–Crippen LogP) is 4.26. The molecule has 0 saturated carbocycles. The molecule has 2 atom stereocenters. The van der Waals surface area contributed by atoms with E-state index in [4.69, 9.17) is 0 Å². The summed E-state index contributed by atoms with van der Waals surface area (Å²) in [6.45, 7) is 4.37. The number of hydrogen-bond donors (Lipinski definition) is 2. The maximum atomic E-state index is 10.1. The second kappa shape index (κ2) is 10.8. The molecule has 0 spiro atoms. The molecular formula is C19H32O2. The second-order valence-electron chi connectivity index (χ2n) is 6.11. The third kappa shape index (κ3) is 7.63. The molecule has 2 nitrogen and oxygen atoms in total. The van der Waals surface area contributed by atoms with Crippen molar-refractivity contribution in [1.29, 1.82) is 0 Å². The van der Waals surface area contributed by atoms with Gasteiger partial charge in [-0.2, -0.15) is 0 Å². The molecule has 0 bridgehead atoms. The Kier molecular flexibility index (Phi) is 9.36. The van der Waals surface area contributed by atoms with Crippen molar-refractivity contribution in [3.63, 3.8) is 0 Å². The van der Waals surface area contributed by atoms with Crippen LogP contribution >= 0.6 is 0 Å². The highest BCUT2D eigenvalue weighted by molar-refractivity contribution is 5.23. The quantitative estimate of drug-likeness (QED) is 0.598. The Bertz CT molecular complexity index is 358. The molecule has 0 aliphatic rings. The van der Waals surface area contributed by atoms with E-state index in [2.05, 4.69) is 38.1 Å². The van der Waals surface area contributed by atoms with Gasteiger partial charge in [0.1, 0.15) is 0 Å². The minimum Gasteiger partial charge on any atom is -0.390 e. The third-order valence-electron chi connectivity index (χ3n) is 4.05. The van der Waals surface area contributed by atoms with Crippen molar-refractivity contribution in [2.24, 2.45) is 0 Å². The summed E-state index contributed by atoms with van der Waals surface area (Å²) in [4.78, 5) is 0. The van der Waals surface area contributed by atoms with E-state index in [9.17, 15) is 10.2 Å². The minimum atomic E-state index is -0.645. The van der Waals surface area contributed by atoms with E-state index >= 15 is 0 Å². The molecule has 21 heavy (non-hydrogen) atoms. The molecule has 0 saturated heterocycles. The molecule has 1 aromatic rings. The first-order chi connectivity index (χ1) is 10.2. The fourth-order valence-electron chi connectivity index (χ4n) is 2.66. The molecule has 0 radical (unpaired) electrons. The zero-order chi connectivity index (χ0) is 15.5. The van der Waals surface area contributed by atoms with Crippen molar-refractivity contribution in [3.05, 3.63) is 35.4 Å². The lowest BCUT2D eigenvalue weighted by molar-refractivity contribution is 0.0137. The van der Waals surface area contributed by atoms with Crippen LogP contribution in [0.4, 0.5) is 0 Å². The highest BCUT2D eigenvalue weighted by Gasteiger charge is 2.16. The Morgan fingerprint density at radius 1 is 0.762 bits per heavy atom. The van der Waals surface area contributed by atoms with Crippen LogP contribution in [0, 0.1) is 0 Å². The Morgan fingerprint density at radius 3 is 2.00 bits per heavy atom. The fraction of sp³-hybridized carbons (Fsp3) is 0.684. The number of rotatable bonds is 11. The van der Waals surface area contributed by atoms with Crippen molar-refractivity contribution in [2.45, 2.75) is 83.8 Å². The lowest BCUT2D eigenvalue weighted by Crippen LogP contribution is -2.27. The van der Waals surface area contributed by atoms with Crippen LogP contribution in [-0.2, 0) is 12.8 Å². The molecule has 1 aromatic carbocycles. The average molecular weight is 292 g/mol. The van der Waals surface area contributed by atoms with E-state index in [0.29, 0.717) is 12.8 Å². The average Bonchev–Trinajstić information content (AvgIpc) is 2.49. The zero-order valence-corrected chi connectivity index (χ0v) is 13.7. The van der Waals surface area contributed by atoms with Crippen molar-refractivity contribution >= 4 is 0 Å². The maximum Gasteiger partial charge on any atom is 0.0839 e. The van der Waals surface area contributed by atoms with Gasteiger partial charge in [-0.25, -0.2) is 0 Å². The summed E-state index contributed by atoms with van der Waals surface area (Å²) in [6.07, 6.45) is 8.16. The number of aryl methyl sites for hydroxylation is 1. The molecule has 0 fully saturated rings. The molecule has 0 aliphatic heterocycles. The van der Waals surface area contributed by atoms with Crippen LogP contribution in [-0.4, -0.2) is 22.4 Å². The van der Waals surface area contributed by atoms with Gasteiger partial charge in [-0.3, -0.25) is 0 Å². The molecule has 2 unspecified atom stereocenters. The van der Waals surface area contributed by atoms with E-state index in [-0.39, 0.29) is 0 Å². The highest BCUT2D eigenvalue weighted by atomic mass is 16.3. The SMILES string of the molecule is CCCCCCCC(O)C(O)Cc1ccc(CCC)cc1. The van der Waals surface area contributed by atoms with E-state index in [0.717, 1.165) is 31.2 Å². The Labute approximate surface area is 130 Å². The molecule has 0 heterocycles. The molecule has 120 valence electrons. The van der Waals surface area contributed by atoms with E-state index in [1.807, 2.05) is 0 Å². The van der Waals surface area contributed by atoms with Crippen LogP contribution in [0.25, 0.3) is 0 Å². The first-order valence-electron chi connectivity index (χ1n) is 8.61. The van der Waals surface area contributed by atoms with Gasteiger partial charge in [0.05, 0.1) is 12.2 Å². The lowest BCUT2D eigenvalue weighted by Gasteiger charge is -2.18. The van der Waals surface area contributed by atoms with Gasteiger partial charge in [-0.1, -0.05) is 76.6 Å². The molecule has 0 amide bonds. The van der Waals surface area contributed by atoms with Gasteiger partial charge < -0.3 is 10.2 Å². The van der Waals surface area contributed by atoms with Crippen LogP contribution in [0.15, 0.2) is 24.3 Å². The fourth-order valence-corrected chi connectivity index (χ4v) is 2.66. The summed E-state index contributed by atoms with van der Waals surface area (Å²) in [5.41, 5.74) is 2.44. The molecular weight excluding hydrogens is 260 g/mol. The van der Waals surface area contributed by atoms with Crippen molar-refractivity contribution in [1.82, 2.24) is 0 Å². The summed E-state index contributed by atoms with van der Waals surface area (Å²) in [5.74, 6) is 0. The largest absolute Gasteiger partial charge is 0.390 e. The number of unbranched alkanes of at least 4 members (excludes halogenated alkanes) is 4. The maximum absolute atomic E-state index is 10.1. The van der Waals surface area contributed by atoms with Crippen LogP contribution in [0.1, 0.15) is 69.9 Å². The molecule has 0 aromatic heterocycles. The number of aliphatic hydroxyl groups is 2. The topological polar surface area (TPSA) is 40.5 Å².